The zero-order valence-corrected chi connectivity index (χ0v) is 14.1. The highest BCUT2D eigenvalue weighted by Gasteiger charge is 2.36. The van der Waals surface area contributed by atoms with Gasteiger partial charge in [-0.2, -0.15) is 0 Å². The molecule has 0 radical (unpaired) electrons. The van der Waals surface area contributed by atoms with E-state index >= 15 is 0 Å². The number of hydrogen-bond acceptors (Lipinski definition) is 5. The summed E-state index contributed by atoms with van der Waals surface area (Å²) in [5, 5.41) is 0. The average Bonchev–Trinajstić information content (AvgIpc) is 2.49. The fraction of sp³-hybridized carbons (Fsp3) is 1.00. The molecule has 0 aromatic rings. The van der Waals surface area contributed by atoms with Gasteiger partial charge in [-0.3, -0.25) is 4.90 Å². The number of rotatable bonds is 11. The third-order valence-electron chi connectivity index (χ3n) is 4.63. The Kier molecular flexibility index (Phi) is 9.44. The summed E-state index contributed by atoms with van der Waals surface area (Å²) in [5.41, 5.74) is 6.26. The van der Waals surface area contributed by atoms with Crippen molar-refractivity contribution in [2.24, 2.45) is 11.7 Å². The summed E-state index contributed by atoms with van der Waals surface area (Å²) in [7, 11) is 3.86. The van der Waals surface area contributed by atoms with Gasteiger partial charge >= 0.3 is 0 Å². The minimum Gasteiger partial charge on any atom is -0.382 e. The van der Waals surface area contributed by atoms with Crippen LogP contribution in [0.15, 0.2) is 0 Å². The highest BCUT2D eigenvalue weighted by Crippen LogP contribution is 2.35. The molecule has 2 unspecified atom stereocenters. The average molecular weight is 302 g/mol. The van der Waals surface area contributed by atoms with Crippen molar-refractivity contribution in [1.82, 2.24) is 4.90 Å². The molecule has 0 aliphatic heterocycles. The lowest BCUT2D eigenvalue weighted by Crippen LogP contribution is -2.55. The standard InChI is InChI=1S/C16H34N2O3/c1-15-5-4-6-16(13-15,14-17)18(2)7-8-20-11-12-21-10-9-19-3/h15H,4-14,17H2,1-3H3. The maximum Gasteiger partial charge on any atom is 0.0701 e. The molecule has 0 aromatic carbocycles. The Balaban J connectivity index is 2.15. The summed E-state index contributed by atoms with van der Waals surface area (Å²) in [6.07, 6.45) is 5.05. The van der Waals surface area contributed by atoms with Crippen LogP contribution in [0.4, 0.5) is 0 Å². The first-order valence-electron chi connectivity index (χ1n) is 8.20. The topological polar surface area (TPSA) is 57.0 Å². The molecule has 1 aliphatic carbocycles. The molecular formula is C16H34N2O3. The van der Waals surface area contributed by atoms with E-state index in [0.29, 0.717) is 26.4 Å². The molecule has 0 saturated heterocycles. The summed E-state index contributed by atoms with van der Waals surface area (Å²) >= 11 is 0. The van der Waals surface area contributed by atoms with Crippen molar-refractivity contribution >= 4 is 0 Å². The van der Waals surface area contributed by atoms with Crippen LogP contribution in [-0.4, -0.2) is 70.7 Å². The molecule has 2 atom stereocenters. The van der Waals surface area contributed by atoms with Gasteiger partial charge in [-0.1, -0.05) is 19.8 Å². The van der Waals surface area contributed by atoms with E-state index in [1.165, 1.54) is 25.7 Å². The van der Waals surface area contributed by atoms with Crippen molar-refractivity contribution in [2.75, 3.05) is 60.3 Å². The summed E-state index contributed by atoms with van der Waals surface area (Å²) in [6, 6.07) is 0. The first-order valence-corrected chi connectivity index (χ1v) is 8.20. The zero-order valence-electron chi connectivity index (χ0n) is 14.1. The lowest BCUT2D eigenvalue weighted by Gasteiger charge is -2.46. The number of likely N-dealkylation sites (N-methyl/N-ethyl adjacent to an activating group) is 1. The Morgan fingerprint density at radius 2 is 1.81 bits per heavy atom. The summed E-state index contributed by atoms with van der Waals surface area (Å²) in [5.74, 6) is 0.778. The fourth-order valence-electron chi connectivity index (χ4n) is 3.22. The predicted molar refractivity (Wildman–Crippen MR) is 85.6 cm³/mol. The molecule has 1 aliphatic rings. The van der Waals surface area contributed by atoms with Crippen LogP contribution in [0.2, 0.25) is 0 Å². The maximum absolute atomic E-state index is 6.09. The van der Waals surface area contributed by atoms with E-state index in [1.54, 1.807) is 7.11 Å². The monoisotopic (exact) mass is 302 g/mol. The third kappa shape index (κ3) is 6.61. The fourth-order valence-corrected chi connectivity index (χ4v) is 3.22. The number of ether oxygens (including phenoxy) is 3. The molecule has 126 valence electrons. The Morgan fingerprint density at radius 3 is 2.43 bits per heavy atom. The van der Waals surface area contributed by atoms with Crippen molar-refractivity contribution in [1.29, 1.82) is 0 Å². The minimum absolute atomic E-state index is 0.177. The molecule has 5 heteroatoms. The highest BCUT2D eigenvalue weighted by molar-refractivity contribution is 4.94. The quantitative estimate of drug-likeness (QED) is 0.586. The van der Waals surface area contributed by atoms with Gasteiger partial charge in [0.2, 0.25) is 0 Å². The molecule has 0 aromatic heterocycles. The number of methoxy groups -OCH3 is 1. The highest BCUT2D eigenvalue weighted by atomic mass is 16.5. The predicted octanol–water partition coefficient (Wildman–Crippen LogP) is 1.51. The van der Waals surface area contributed by atoms with Crippen molar-refractivity contribution in [3.8, 4) is 0 Å². The van der Waals surface area contributed by atoms with Crippen LogP contribution >= 0.6 is 0 Å². The van der Waals surface area contributed by atoms with Gasteiger partial charge in [0, 0.05) is 25.7 Å². The smallest absolute Gasteiger partial charge is 0.0701 e. The molecular weight excluding hydrogens is 268 g/mol. The van der Waals surface area contributed by atoms with Gasteiger partial charge in [-0.25, -0.2) is 0 Å². The van der Waals surface area contributed by atoms with Crippen LogP contribution in [0.5, 0.6) is 0 Å². The van der Waals surface area contributed by atoms with Crippen molar-refractivity contribution in [3.63, 3.8) is 0 Å². The summed E-state index contributed by atoms with van der Waals surface area (Å²) in [6.45, 7) is 7.30. The van der Waals surface area contributed by atoms with Gasteiger partial charge in [-0.05, 0) is 25.8 Å². The van der Waals surface area contributed by atoms with Crippen LogP contribution in [0.3, 0.4) is 0 Å². The number of nitrogens with two attached hydrogens (primary N) is 1. The molecule has 1 rings (SSSR count). The summed E-state index contributed by atoms with van der Waals surface area (Å²) < 4.78 is 15.9. The Bertz CT molecular complexity index is 266. The van der Waals surface area contributed by atoms with Crippen LogP contribution < -0.4 is 5.73 Å². The maximum atomic E-state index is 6.09. The number of nitrogens with zero attached hydrogens (tertiary/aromatic N) is 1. The second kappa shape index (κ2) is 10.5. The van der Waals surface area contributed by atoms with E-state index < -0.39 is 0 Å². The number of hydrogen-bond donors (Lipinski definition) is 1. The molecule has 0 amide bonds. The van der Waals surface area contributed by atoms with Gasteiger partial charge in [-0.15, -0.1) is 0 Å². The minimum atomic E-state index is 0.177. The molecule has 21 heavy (non-hydrogen) atoms. The van der Waals surface area contributed by atoms with Gasteiger partial charge < -0.3 is 19.9 Å². The Labute approximate surface area is 130 Å². The lowest BCUT2D eigenvalue weighted by atomic mass is 9.75. The van der Waals surface area contributed by atoms with Gasteiger partial charge in [0.15, 0.2) is 0 Å². The first-order chi connectivity index (χ1) is 10.1. The third-order valence-corrected chi connectivity index (χ3v) is 4.63. The van der Waals surface area contributed by atoms with E-state index in [1.807, 2.05) is 0 Å². The van der Waals surface area contributed by atoms with Gasteiger partial charge in [0.05, 0.1) is 33.0 Å². The van der Waals surface area contributed by atoms with Crippen molar-refractivity contribution in [3.05, 3.63) is 0 Å². The molecule has 0 bridgehead atoms. The molecule has 0 spiro atoms. The Hall–Kier alpha value is -0.200. The normalized spacial score (nSPS) is 26.4. The second-order valence-electron chi connectivity index (χ2n) is 6.27. The Morgan fingerprint density at radius 1 is 1.14 bits per heavy atom. The largest absolute Gasteiger partial charge is 0.382 e. The van der Waals surface area contributed by atoms with E-state index in [2.05, 4.69) is 18.9 Å². The van der Waals surface area contributed by atoms with E-state index in [9.17, 15) is 0 Å². The van der Waals surface area contributed by atoms with E-state index in [0.717, 1.165) is 25.6 Å². The zero-order chi connectivity index (χ0) is 15.6. The molecule has 5 nitrogen and oxygen atoms in total. The van der Waals surface area contributed by atoms with Crippen molar-refractivity contribution in [2.45, 2.75) is 38.1 Å². The van der Waals surface area contributed by atoms with E-state index in [4.69, 9.17) is 19.9 Å². The lowest BCUT2D eigenvalue weighted by molar-refractivity contribution is 0.00263. The van der Waals surface area contributed by atoms with Crippen LogP contribution in [0.1, 0.15) is 32.6 Å². The van der Waals surface area contributed by atoms with Gasteiger partial charge in [0.1, 0.15) is 0 Å². The summed E-state index contributed by atoms with van der Waals surface area (Å²) in [4.78, 5) is 2.41. The van der Waals surface area contributed by atoms with E-state index in [-0.39, 0.29) is 5.54 Å². The molecule has 2 N–H and O–H groups in total. The van der Waals surface area contributed by atoms with Crippen LogP contribution in [0, 0.1) is 5.92 Å². The van der Waals surface area contributed by atoms with Crippen molar-refractivity contribution < 1.29 is 14.2 Å². The van der Waals surface area contributed by atoms with Crippen LogP contribution in [0.25, 0.3) is 0 Å². The van der Waals surface area contributed by atoms with Crippen LogP contribution in [-0.2, 0) is 14.2 Å². The molecule has 1 saturated carbocycles. The molecule has 0 heterocycles. The SMILES string of the molecule is COCCOCCOCCN(C)C1(CN)CCCC(C)C1. The first kappa shape index (κ1) is 18.8. The van der Waals surface area contributed by atoms with Gasteiger partial charge in [0.25, 0.3) is 0 Å². The molecule has 1 fully saturated rings. The second-order valence-corrected chi connectivity index (χ2v) is 6.27.